The minimum atomic E-state index is -3.41. The standard InChI is InChI=1S/C22H18N4O3S2/c27-22(16-7-10-20-25-31(28,29)12-11-26(20)14-16)23-17-8-5-15(6-9-17)13-21-24-18-3-1-2-4-19(18)30-21/h1-10,14H,11-13H2,(H,23,27). The van der Waals surface area contributed by atoms with Crippen LogP contribution in [0.5, 0.6) is 0 Å². The first-order chi connectivity index (χ1) is 14.9. The minimum absolute atomic E-state index is 0.0636. The van der Waals surface area contributed by atoms with Crippen molar-refractivity contribution in [2.45, 2.75) is 6.42 Å². The van der Waals surface area contributed by atoms with E-state index in [0.29, 0.717) is 17.1 Å². The summed E-state index contributed by atoms with van der Waals surface area (Å²) in [7, 11) is -3.41. The summed E-state index contributed by atoms with van der Waals surface area (Å²) < 4.78 is 28.1. The number of nitrogens with one attached hydrogen (secondary N) is 1. The van der Waals surface area contributed by atoms with Crippen LogP contribution in [0.2, 0.25) is 0 Å². The van der Waals surface area contributed by atoms with Gasteiger partial charge in [-0.3, -0.25) is 4.79 Å². The lowest BCUT2D eigenvalue weighted by Crippen LogP contribution is -2.37. The van der Waals surface area contributed by atoms with Crippen LogP contribution in [0.3, 0.4) is 0 Å². The topological polar surface area (TPSA) is 91.7 Å². The highest BCUT2D eigenvalue weighted by molar-refractivity contribution is 7.90. The second-order valence-electron chi connectivity index (χ2n) is 7.25. The van der Waals surface area contributed by atoms with Crippen molar-refractivity contribution in [3.8, 4) is 0 Å². The molecule has 2 aliphatic rings. The van der Waals surface area contributed by atoms with E-state index in [0.717, 1.165) is 22.5 Å². The Morgan fingerprint density at radius 3 is 2.71 bits per heavy atom. The van der Waals surface area contributed by atoms with Gasteiger partial charge >= 0.3 is 0 Å². The van der Waals surface area contributed by atoms with Crippen molar-refractivity contribution in [1.29, 1.82) is 0 Å². The molecule has 7 nitrogen and oxygen atoms in total. The molecule has 0 bridgehead atoms. The first-order valence-electron chi connectivity index (χ1n) is 9.69. The molecular formula is C22H18N4O3S2. The lowest BCUT2D eigenvalue weighted by atomic mass is 10.1. The molecule has 1 aromatic heterocycles. The molecule has 1 N–H and O–H groups in total. The lowest BCUT2D eigenvalue weighted by Gasteiger charge is -2.26. The molecular weight excluding hydrogens is 432 g/mol. The number of amides is 1. The van der Waals surface area contributed by atoms with Crippen LogP contribution in [0, 0.1) is 0 Å². The SMILES string of the molecule is O=C(Nc1ccc(Cc2nc3ccccc3s2)cc1)C1=CN2CCS(=O)(=O)N=C2C=C1. The zero-order valence-corrected chi connectivity index (χ0v) is 18.0. The second-order valence-corrected chi connectivity index (χ2v) is 10.1. The van der Waals surface area contributed by atoms with Crippen LogP contribution in [0.4, 0.5) is 5.69 Å². The van der Waals surface area contributed by atoms with Gasteiger partial charge in [-0.05, 0) is 42.0 Å². The van der Waals surface area contributed by atoms with Gasteiger partial charge in [0.25, 0.3) is 15.9 Å². The van der Waals surface area contributed by atoms with E-state index in [-0.39, 0.29) is 18.2 Å². The quantitative estimate of drug-likeness (QED) is 0.658. The Bertz CT molecular complexity index is 1340. The molecule has 156 valence electrons. The monoisotopic (exact) mass is 450 g/mol. The number of hydrogen-bond acceptors (Lipinski definition) is 6. The van der Waals surface area contributed by atoms with Gasteiger partial charge in [-0.25, -0.2) is 13.4 Å². The van der Waals surface area contributed by atoms with E-state index in [1.54, 1.807) is 34.6 Å². The third-order valence-corrected chi connectivity index (χ3v) is 7.19. The maximum atomic E-state index is 12.6. The largest absolute Gasteiger partial charge is 0.330 e. The van der Waals surface area contributed by atoms with Crippen LogP contribution in [-0.2, 0) is 21.2 Å². The fourth-order valence-electron chi connectivity index (χ4n) is 3.41. The number of amidine groups is 1. The van der Waals surface area contributed by atoms with Crippen molar-refractivity contribution in [3.05, 3.63) is 83.0 Å². The Labute approximate surface area is 183 Å². The summed E-state index contributed by atoms with van der Waals surface area (Å²) in [6.45, 7) is 0.281. The summed E-state index contributed by atoms with van der Waals surface area (Å²) in [6, 6.07) is 15.8. The normalized spacial score (nSPS) is 17.1. The maximum absolute atomic E-state index is 12.6. The smallest absolute Gasteiger partial charge is 0.257 e. The van der Waals surface area contributed by atoms with Crippen molar-refractivity contribution < 1.29 is 13.2 Å². The van der Waals surface area contributed by atoms with E-state index in [1.165, 1.54) is 4.70 Å². The molecule has 5 rings (SSSR count). The number of sulfonamides is 1. The predicted octanol–water partition coefficient (Wildman–Crippen LogP) is 3.32. The number of fused-ring (bicyclic) bond motifs is 2. The predicted molar refractivity (Wildman–Crippen MR) is 123 cm³/mol. The van der Waals surface area contributed by atoms with Crippen LogP contribution >= 0.6 is 11.3 Å². The molecule has 3 heterocycles. The third kappa shape index (κ3) is 4.28. The maximum Gasteiger partial charge on any atom is 0.257 e. The van der Waals surface area contributed by atoms with Crippen molar-refractivity contribution in [2.75, 3.05) is 17.6 Å². The number of nitrogens with zero attached hydrogens (tertiary/aromatic N) is 3. The van der Waals surface area contributed by atoms with E-state index >= 15 is 0 Å². The highest BCUT2D eigenvalue weighted by Crippen LogP contribution is 2.24. The van der Waals surface area contributed by atoms with Gasteiger partial charge in [-0.1, -0.05) is 24.3 Å². The number of rotatable bonds is 4. The van der Waals surface area contributed by atoms with Crippen LogP contribution in [0.25, 0.3) is 10.2 Å². The molecule has 0 saturated heterocycles. The van der Waals surface area contributed by atoms with Gasteiger partial charge in [0.2, 0.25) is 0 Å². The van der Waals surface area contributed by atoms with Crippen LogP contribution < -0.4 is 5.32 Å². The molecule has 0 radical (unpaired) electrons. The van der Waals surface area contributed by atoms with Crippen LogP contribution in [0.15, 0.2) is 76.9 Å². The average molecular weight is 451 g/mol. The number of anilines is 1. The van der Waals surface area contributed by atoms with Gasteiger partial charge in [0.05, 0.1) is 26.6 Å². The molecule has 0 unspecified atom stereocenters. The zero-order valence-electron chi connectivity index (χ0n) is 16.4. The van der Waals surface area contributed by atoms with Gasteiger partial charge in [0, 0.05) is 24.9 Å². The summed E-state index contributed by atoms with van der Waals surface area (Å²) >= 11 is 1.69. The first kappa shape index (κ1) is 19.7. The minimum Gasteiger partial charge on any atom is -0.330 e. The molecule has 2 aromatic carbocycles. The molecule has 31 heavy (non-hydrogen) atoms. The van der Waals surface area contributed by atoms with Gasteiger partial charge in [-0.15, -0.1) is 15.7 Å². The van der Waals surface area contributed by atoms with Gasteiger partial charge in [-0.2, -0.15) is 0 Å². The number of aromatic nitrogens is 1. The molecule has 1 amide bonds. The Morgan fingerprint density at radius 1 is 1.10 bits per heavy atom. The number of carbonyl (C=O) groups is 1. The molecule has 3 aromatic rings. The Morgan fingerprint density at radius 2 is 1.90 bits per heavy atom. The number of benzene rings is 2. The Hall–Kier alpha value is -3.30. The molecule has 0 saturated carbocycles. The second kappa shape index (κ2) is 7.75. The van der Waals surface area contributed by atoms with E-state index < -0.39 is 10.0 Å². The lowest BCUT2D eigenvalue weighted by molar-refractivity contribution is -0.112. The Kier molecular flexibility index (Phi) is 4.91. The third-order valence-electron chi connectivity index (χ3n) is 4.99. The summed E-state index contributed by atoms with van der Waals surface area (Å²) in [6.07, 6.45) is 5.49. The van der Waals surface area contributed by atoms with Crippen LogP contribution in [0.1, 0.15) is 10.6 Å². The highest BCUT2D eigenvalue weighted by atomic mass is 32.2. The molecule has 0 aliphatic carbocycles. The molecule has 2 aliphatic heterocycles. The van der Waals surface area contributed by atoms with Gasteiger partial charge in [0.1, 0.15) is 5.84 Å². The fraction of sp³-hybridized carbons (Fsp3) is 0.136. The van der Waals surface area contributed by atoms with Crippen molar-refractivity contribution in [2.24, 2.45) is 4.40 Å². The summed E-state index contributed by atoms with van der Waals surface area (Å²) in [4.78, 5) is 19.0. The van der Waals surface area contributed by atoms with E-state index in [4.69, 9.17) is 0 Å². The van der Waals surface area contributed by atoms with Crippen molar-refractivity contribution in [1.82, 2.24) is 9.88 Å². The summed E-state index contributed by atoms with van der Waals surface area (Å²) in [5.74, 6) is 0.0101. The number of thiazole rings is 1. The molecule has 9 heteroatoms. The number of para-hydroxylation sites is 1. The summed E-state index contributed by atoms with van der Waals surface area (Å²) in [5.41, 5.74) is 3.26. The first-order valence-corrected chi connectivity index (χ1v) is 12.1. The van der Waals surface area contributed by atoms with E-state index in [2.05, 4.69) is 20.8 Å². The fourth-order valence-corrected chi connectivity index (χ4v) is 5.39. The van der Waals surface area contributed by atoms with Gasteiger partial charge in [0.15, 0.2) is 0 Å². The van der Waals surface area contributed by atoms with Crippen molar-refractivity contribution >= 4 is 49.0 Å². The number of hydrogen-bond donors (Lipinski definition) is 1. The summed E-state index contributed by atoms with van der Waals surface area (Å²) in [5, 5.41) is 3.93. The molecule has 0 fully saturated rings. The van der Waals surface area contributed by atoms with E-state index in [9.17, 15) is 13.2 Å². The van der Waals surface area contributed by atoms with Crippen molar-refractivity contribution in [3.63, 3.8) is 0 Å². The Balaban J connectivity index is 1.25. The zero-order chi connectivity index (χ0) is 21.4. The molecule has 0 atom stereocenters. The number of carbonyl (C=O) groups excluding carboxylic acids is 1. The van der Waals surface area contributed by atoms with Crippen LogP contribution in [-0.4, -0.2) is 42.3 Å². The molecule has 0 spiro atoms. The van der Waals surface area contributed by atoms with Gasteiger partial charge < -0.3 is 10.2 Å². The van der Waals surface area contributed by atoms with E-state index in [1.807, 2.05) is 42.5 Å². The highest BCUT2D eigenvalue weighted by Gasteiger charge is 2.25. The average Bonchev–Trinajstić information content (AvgIpc) is 3.16.